The lowest BCUT2D eigenvalue weighted by Gasteiger charge is -2.09. The van der Waals surface area contributed by atoms with Crippen molar-refractivity contribution < 1.29 is 31.8 Å². The third-order valence-electron chi connectivity index (χ3n) is 2.18. The maximum atomic E-state index is 13.2. The quantitative estimate of drug-likeness (QED) is 0.472. The van der Waals surface area contributed by atoms with Gasteiger partial charge in [-0.1, -0.05) is 0 Å². The topological polar surface area (TPSA) is 35.5 Å². The number of alkyl halides is 3. The molecule has 0 bridgehead atoms. The molecule has 3 nitrogen and oxygen atoms in total. The van der Waals surface area contributed by atoms with Crippen LogP contribution < -0.4 is 0 Å². The molecule has 0 amide bonds. The highest BCUT2D eigenvalue weighted by Gasteiger charge is 2.34. The molecule has 0 N–H and O–H groups in total. The summed E-state index contributed by atoms with van der Waals surface area (Å²) in [7, 11) is 0. The lowest BCUT2D eigenvalue weighted by Crippen LogP contribution is -2.13. The molecule has 1 aromatic carbocycles. The molecule has 1 rings (SSSR count). The van der Waals surface area contributed by atoms with Crippen LogP contribution in [-0.4, -0.2) is 25.8 Å². The second-order valence-electron chi connectivity index (χ2n) is 3.53. The lowest BCUT2D eigenvalue weighted by atomic mass is 10.1. The Morgan fingerprint density at radius 1 is 1.26 bits per heavy atom. The van der Waals surface area contributed by atoms with E-state index in [1.165, 1.54) is 0 Å². The van der Waals surface area contributed by atoms with Crippen LogP contribution in [0.4, 0.5) is 17.6 Å². The minimum Gasteiger partial charge on any atom is -0.460 e. The van der Waals surface area contributed by atoms with Gasteiger partial charge in [-0.3, -0.25) is 0 Å². The van der Waals surface area contributed by atoms with Gasteiger partial charge < -0.3 is 9.47 Å². The zero-order valence-electron chi connectivity index (χ0n) is 10.1. The molecule has 0 aromatic heterocycles. The smallest absolute Gasteiger partial charge is 0.419 e. The first-order valence-electron chi connectivity index (χ1n) is 5.48. The summed E-state index contributed by atoms with van der Waals surface area (Å²) in [6, 6.07) is 1.88. The van der Waals surface area contributed by atoms with E-state index in [9.17, 15) is 22.4 Å². The van der Waals surface area contributed by atoms with Crippen molar-refractivity contribution in [3.05, 3.63) is 35.1 Å². The number of carbonyl (C=O) groups excluding carboxylic acids is 1. The molecule has 7 heteroatoms. The van der Waals surface area contributed by atoms with Crippen LogP contribution >= 0.6 is 0 Å². The summed E-state index contributed by atoms with van der Waals surface area (Å²) in [5.74, 6) is -2.40. The summed E-state index contributed by atoms with van der Waals surface area (Å²) < 4.78 is 59.7. The minimum atomic E-state index is -4.79. The summed E-state index contributed by atoms with van der Waals surface area (Å²) >= 11 is 0. The largest absolute Gasteiger partial charge is 0.460 e. The normalized spacial score (nSPS) is 11.4. The first-order chi connectivity index (χ1) is 8.86. The van der Waals surface area contributed by atoms with Gasteiger partial charge in [0.05, 0.1) is 17.7 Å². The van der Waals surface area contributed by atoms with Crippen LogP contribution in [0.3, 0.4) is 0 Å². The van der Waals surface area contributed by atoms with Crippen LogP contribution in [0.25, 0.3) is 0 Å². The Morgan fingerprint density at radius 3 is 2.47 bits per heavy atom. The zero-order chi connectivity index (χ0) is 14.5. The van der Waals surface area contributed by atoms with Crippen molar-refractivity contribution in [3.8, 4) is 0 Å². The predicted octanol–water partition coefficient (Wildman–Crippen LogP) is 3.04. The predicted molar refractivity (Wildman–Crippen MR) is 58.2 cm³/mol. The van der Waals surface area contributed by atoms with Gasteiger partial charge in [-0.25, -0.2) is 9.18 Å². The average molecular weight is 280 g/mol. The van der Waals surface area contributed by atoms with E-state index in [0.717, 1.165) is 6.07 Å². The Morgan fingerprint density at radius 2 is 1.95 bits per heavy atom. The van der Waals surface area contributed by atoms with Crippen LogP contribution in [0, 0.1) is 5.82 Å². The number of hydrogen-bond acceptors (Lipinski definition) is 3. The summed E-state index contributed by atoms with van der Waals surface area (Å²) in [6.07, 6.45) is -4.79. The number of benzene rings is 1. The van der Waals surface area contributed by atoms with Gasteiger partial charge in [0.2, 0.25) is 0 Å². The molecule has 0 unspecified atom stereocenters. The molecule has 0 heterocycles. The summed E-state index contributed by atoms with van der Waals surface area (Å²) in [5, 5.41) is 0. The van der Waals surface area contributed by atoms with Gasteiger partial charge in [0.1, 0.15) is 12.4 Å². The number of hydrogen-bond donors (Lipinski definition) is 0. The van der Waals surface area contributed by atoms with E-state index in [2.05, 4.69) is 0 Å². The zero-order valence-corrected chi connectivity index (χ0v) is 10.1. The fourth-order valence-electron chi connectivity index (χ4n) is 1.29. The van der Waals surface area contributed by atoms with Crippen molar-refractivity contribution in [1.82, 2.24) is 0 Å². The van der Waals surface area contributed by atoms with Gasteiger partial charge in [-0.05, 0) is 25.1 Å². The fraction of sp³-hybridized carbons (Fsp3) is 0.417. The molecule has 19 heavy (non-hydrogen) atoms. The van der Waals surface area contributed by atoms with E-state index in [1.807, 2.05) is 0 Å². The highest BCUT2D eigenvalue weighted by atomic mass is 19.4. The maximum absolute atomic E-state index is 13.2. The molecule has 106 valence electrons. The standard InChI is InChI=1S/C12H12F4O3/c1-2-18-5-6-19-11(17)8-3-4-9(10(13)7-8)12(14,15)16/h3-4,7H,2,5-6H2,1H3. The van der Waals surface area contributed by atoms with Gasteiger partial charge in [-0.2, -0.15) is 13.2 Å². The van der Waals surface area contributed by atoms with Gasteiger partial charge >= 0.3 is 12.1 Å². The van der Waals surface area contributed by atoms with Crippen molar-refractivity contribution in [2.24, 2.45) is 0 Å². The molecule has 0 saturated carbocycles. The van der Waals surface area contributed by atoms with Crippen molar-refractivity contribution in [3.63, 3.8) is 0 Å². The second-order valence-corrected chi connectivity index (χ2v) is 3.53. The van der Waals surface area contributed by atoms with Crippen molar-refractivity contribution >= 4 is 5.97 Å². The Kier molecular flexibility index (Phi) is 5.29. The van der Waals surface area contributed by atoms with E-state index in [0.29, 0.717) is 18.7 Å². The fourth-order valence-corrected chi connectivity index (χ4v) is 1.29. The highest BCUT2D eigenvalue weighted by molar-refractivity contribution is 5.89. The molecule has 0 fully saturated rings. The third kappa shape index (κ3) is 4.51. The second kappa shape index (κ2) is 6.51. The number of carbonyl (C=O) groups is 1. The van der Waals surface area contributed by atoms with Crippen molar-refractivity contribution in [2.75, 3.05) is 19.8 Å². The molecule has 0 aliphatic heterocycles. The minimum absolute atomic E-state index is 0.0463. The average Bonchev–Trinajstić information content (AvgIpc) is 2.32. The molecule has 0 saturated heterocycles. The van der Waals surface area contributed by atoms with Gasteiger partial charge in [0.25, 0.3) is 0 Å². The summed E-state index contributed by atoms with van der Waals surface area (Å²) in [6.45, 7) is 2.33. The van der Waals surface area contributed by atoms with Crippen LogP contribution in [-0.2, 0) is 15.7 Å². The lowest BCUT2D eigenvalue weighted by molar-refractivity contribution is -0.140. The van der Waals surface area contributed by atoms with E-state index in [-0.39, 0.29) is 18.8 Å². The van der Waals surface area contributed by atoms with Gasteiger partial charge in [-0.15, -0.1) is 0 Å². The molecular weight excluding hydrogens is 268 g/mol. The molecule has 0 aliphatic rings. The molecular formula is C12H12F4O3. The van der Waals surface area contributed by atoms with Crippen molar-refractivity contribution in [2.45, 2.75) is 13.1 Å². The van der Waals surface area contributed by atoms with Crippen LogP contribution in [0.5, 0.6) is 0 Å². The number of esters is 1. The Bertz CT molecular complexity index is 443. The Labute approximate surface area is 107 Å². The van der Waals surface area contributed by atoms with Gasteiger partial charge in [0.15, 0.2) is 0 Å². The van der Waals surface area contributed by atoms with Crippen LogP contribution in [0.2, 0.25) is 0 Å². The Balaban J connectivity index is 2.70. The molecule has 0 aliphatic carbocycles. The summed E-state index contributed by atoms with van der Waals surface area (Å²) in [5.41, 5.74) is -1.69. The van der Waals surface area contributed by atoms with Crippen molar-refractivity contribution in [1.29, 1.82) is 0 Å². The molecule has 0 radical (unpaired) electrons. The molecule has 1 aromatic rings. The SMILES string of the molecule is CCOCCOC(=O)c1ccc(C(F)(F)F)c(F)c1. The molecule has 0 spiro atoms. The van der Waals surface area contributed by atoms with Gasteiger partial charge in [0, 0.05) is 6.61 Å². The van der Waals surface area contributed by atoms with E-state index in [1.54, 1.807) is 6.92 Å². The van der Waals surface area contributed by atoms with E-state index in [4.69, 9.17) is 9.47 Å². The van der Waals surface area contributed by atoms with E-state index < -0.39 is 23.5 Å². The first kappa shape index (κ1) is 15.4. The third-order valence-corrected chi connectivity index (χ3v) is 2.18. The molecule has 0 atom stereocenters. The van der Waals surface area contributed by atoms with Crippen LogP contribution in [0.1, 0.15) is 22.8 Å². The number of halogens is 4. The van der Waals surface area contributed by atoms with E-state index >= 15 is 0 Å². The maximum Gasteiger partial charge on any atom is 0.419 e. The first-order valence-corrected chi connectivity index (χ1v) is 5.48. The number of ether oxygens (including phenoxy) is 2. The number of rotatable bonds is 5. The monoisotopic (exact) mass is 280 g/mol. The summed E-state index contributed by atoms with van der Waals surface area (Å²) in [4.78, 5) is 11.4. The van der Waals surface area contributed by atoms with Crippen LogP contribution in [0.15, 0.2) is 18.2 Å². The highest BCUT2D eigenvalue weighted by Crippen LogP contribution is 2.31. The Hall–Kier alpha value is -1.63.